The van der Waals surface area contributed by atoms with Gasteiger partial charge < -0.3 is 9.84 Å². The van der Waals surface area contributed by atoms with Gasteiger partial charge in [-0.3, -0.25) is 0 Å². The molecule has 0 heterocycles. The first-order valence-electron chi connectivity index (χ1n) is 10.2. The molecule has 1 unspecified atom stereocenters. The van der Waals surface area contributed by atoms with E-state index in [4.69, 9.17) is 4.74 Å². The monoisotopic (exact) mass is 344 g/mol. The summed E-state index contributed by atoms with van der Waals surface area (Å²) >= 11 is 0. The van der Waals surface area contributed by atoms with Crippen LogP contribution >= 0.6 is 0 Å². The molecular weight excluding hydrogens is 308 g/mol. The molecule has 0 amide bonds. The Morgan fingerprint density at radius 1 is 1.16 bits per heavy atom. The van der Waals surface area contributed by atoms with Crippen molar-refractivity contribution in [3.05, 3.63) is 34.9 Å². The Bertz CT molecular complexity index is 572. The molecule has 0 radical (unpaired) electrons. The number of allylic oxidation sites excluding steroid dienone is 2. The molecule has 2 heteroatoms. The Labute approximate surface area is 154 Å². The molecule has 0 bridgehead atoms. The predicted molar refractivity (Wildman–Crippen MR) is 107 cm³/mol. The number of phenols is 1. The quantitative estimate of drug-likeness (QED) is 0.390. The molecule has 0 fully saturated rings. The third kappa shape index (κ3) is 6.09. The fraction of sp³-hybridized carbons (Fsp3) is 0.652. The Balaban J connectivity index is 2.16. The van der Waals surface area contributed by atoms with Gasteiger partial charge in [0.25, 0.3) is 0 Å². The summed E-state index contributed by atoms with van der Waals surface area (Å²) < 4.78 is 6.12. The van der Waals surface area contributed by atoms with E-state index in [0.717, 1.165) is 37.0 Å². The van der Waals surface area contributed by atoms with Gasteiger partial charge in [0.1, 0.15) is 11.5 Å². The van der Waals surface area contributed by atoms with Gasteiger partial charge >= 0.3 is 0 Å². The number of aromatic hydroxyl groups is 1. The zero-order chi connectivity index (χ0) is 18.2. The molecule has 0 saturated carbocycles. The lowest BCUT2D eigenvalue weighted by Crippen LogP contribution is -2.12. The minimum atomic E-state index is 0.123. The summed E-state index contributed by atoms with van der Waals surface area (Å²) in [4.78, 5) is 0. The summed E-state index contributed by atoms with van der Waals surface area (Å²) in [6.07, 6.45) is 13.0. The highest BCUT2D eigenvalue weighted by Crippen LogP contribution is 2.43. The molecule has 0 saturated heterocycles. The molecule has 1 aliphatic rings. The summed E-state index contributed by atoms with van der Waals surface area (Å²) in [6.45, 7) is 8.56. The Morgan fingerprint density at radius 3 is 2.60 bits per heavy atom. The van der Waals surface area contributed by atoms with Crippen molar-refractivity contribution in [3.63, 3.8) is 0 Å². The normalized spacial score (nSPS) is 17.6. The molecule has 0 aromatic heterocycles. The van der Waals surface area contributed by atoms with Gasteiger partial charge in [-0.2, -0.15) is 0 Å². The average Bonchev–Trinajstić information content (AvgIpc) is 2.54. The summed E-state index contributed by atoms with van der Waals surface area (Å²) in [5, 5.41) is 10.8. The summed E-state index contributed by atoms with van der Waals surface area (Å²) in [6, 6.07) is 4.17. The molecule has 0 aliphatic heterocycles. The standard InChI is InChI=1S/C23H36O2/c1-5-6-7-8-9-12-19-15-21(24)23(22(16-19)25-17(2)3)20-13-10-11-18(4)14-20/h11,15-17,20,24H,5-10,12-14H2,1-4H3. The van der Waals surface area contributed by atoms with Crippen molar-refractivity contribution in [2.75, 3.05) is 0 Å². The Hall–Kier alpha value is -1.44. The maximum atomic E-state index is 10.8. The van der Waals surface area contributed by atoms with Crippen LogP contribution in [0.15, 0.2) is 23.8 Å². The van der Waals surface area contributed by atoms with Crippen molar-refractivity contribution in [1.82, 2.24) is 0 Å². The van der Waals surface area contributed by atoms with Gasteiger partial charge in [-0.15, -0.1) is 0 Å². The van der Waals surface area contributed by atoms with E-state index in [1.807, 2.05) is 6.07 Å². The van der Waals surface area contributed by atoms with Crippen LogP contribution in [0.5, 0.6) is 11.5 Å². The highest BCUT2D eigenvalue weighted by Gasteiger charge is 2.24. The van der Waals surface area contributed by atoms with Crippen molar-refractivity contribution in [2.45, 2.75) is 97.5 Å². The molecule has 25 heavy (non-hydrogen) atoms. The average molecular weight is 345 g/mol. The van der Waals surface area contributed by atoms with Crippen LogP contribution < -0.4 is 4.74 Å². The van der Waals surface area contributed by atoms with Crippen molar-refractivity contribution in [3.8, 4) is 11.5 Å². The van der Waals surface area contributed by atoms with Gasteiger partial charge in [0.15, 0.2) is 0 Å². The minimum absolute atomic E-state index is 0.123. The first-order chi connectivity index (χ1) is 12.0. The van der Waals surface area contributed by atoms with Crippen molar-refractivity contribution in [2.24, 2.45) is 0 Å². The molecule has 1 atom stereocenters. The van der Waals surface area contributed by atoms with E-state index in [0.29, 0.717) is 11.7 Å². The molecule has 0 spiro atoms. The zero-order valence-electron chi connectivity index (χ0n) is 16.6. The molecule has 1 aliphatic carbocycles. The zero-order valence-corrected chi connectivity index (χ0v) is 16.6. The molecule has 1 N–H and O–H groups in total. The SMILES string of the molecule is CCCCCCCc1cc(O)c(C2CCC=C(C)C2)c(OC(C)C)c1. The molecule has 1 aromatic rings. The second-order valence-electron chi connectivity index (χ2n) is 7.89. The van der Waals surface area contributed by atoms with Crippen LogP contribution in [0.2, 0.25) is 0 Å². The number of ether oxygens (including phenoxy) is 1. The maximum absolute atomic E-state index is 10.8. The van der Waals surface area contributed by atoms with Gasteiger partial charge in [0, 0.05) is 5.56 Å². The van der Waals surface area contributed by atoms with Crippen LogP contribution in [0.25, 0.3) is 0 Å². The number of rotatable bonds is 9. The molecular formula is C23H36O2. The number of benzene rings is 1. The van der Waals surface area contributed by atoms with Crippen LogP contribution in [0, 0.1) is 0 Å². The highest BCUT2D eigenvalue weighted by atomic mass is 16.5. The first kappa shape index (κ1) is 19.9. The second-order valence-corrected chi connectivity index (χ2v) is 7.89. The van der Waals surface area contributed by atoms with E-state index in [2.05, 4.69) is 39.8 Å². The lowest BCUT2D eigenvalue weighted by molar-refractivity contribution is 0.236. The molecule has 2 rings (SSSR count). The largest absolute Gasteiger partial charge is 0.508 e. The van der Waals surface area contributed by atoms with Gasteiger partial charge in [-0.05, 0) is 76.5 Å². The number of hydrogen-bond acceptors (Lipinski definition) is 2. The van der Waals surface area contributed by atoms with Gasteiger partial charge in [0.2, 0.25) is 0 Å². The lowest BCUT2D eigenvalue weighted by Gasteiger charge is -2.26. The minimum Gasteiger partial charge on any atom is -0.508 e. The number of hydrogen-bond donors (Lipinski definition) is 1. The Kier molecular flexibility index (Phi) is 7.87. The van der Waals surface area contributed by atoms with E-state index in [9.17, 15) is 5.11 Å². The highest BCUT2D eigenvalue weighted by molar-refractivity contribution is 5.50. The smallest absolute Gasteiger partial charge is 0.127 e. The van der Waals surface area contributed by atoms with Gasteiger partial charge in [-0.1, -0.05) is 44.3 Å². The number of aryl methyl sites for hydroxylation is 1. The van der Waals surface area contributed by atoms with Crippen LogP contribution in [-0.2, 0) is 6.42 Å². The fourth-order valence-corrected chi connectivity index (χ4v) is 3.86. The van der Waals surface area contributed by atoms with Crippen LogP contribution in [0.3, 0.4) is 0 Å². The van der Waals surface area contributed by atoms with Crippen LogP contribution in [0.4, 0.5) is 0 Å². The van der Waals surface area contributed by atoms with E-state index in [1.165, 1.54) is 43.2 Å². The van der Waals surface area contributed by atoms with Crippen molar-refractivity contribution in [1.29, 1.82) is 0 Å². The van der Waals surface area contributed by atoms with Crippen molar-refractivity contribution < 1.29 is 9.84 Å². The summed E-state index contributed by atoms with van der Waals surface area (Å²) in [7, 11) is 0. The fourth-order valence-electron chi connectivity index (χ4n) is 3.86. The van der Waals surface area contributed by atoms with Gasteiger partial charge in [-0.25, -0.2) is 0 Å². The number of phenolic OH excluding ortho intramolecular Hbond substituents is 1. The van der Waals surface area contributed by atoms with E-state index < -0.39 is 0 Å². The lowest BCUT2D eigenvalue weighted by atomic mass is 9.83. The topological polar surface area (TPSA) is 29.5 Å². The van der Waals surface area contributed by atoms with Gasteiger partial charge in [0.05, 0.1) is 6.10 Å². The second kappa shape index (κ2) is 9.89. The maximum Gasteiger partial charge on any atom is 0.127 e. The first-order valence-corrected chi connectivity index (χ1v) is 10.2. The summed E-state index contributed by atoms with van der Waals surface area (Å²) in [5.74, 6) is 1.71. The van der Waals surface area contributed by atoms with E-state index in [-0.39, 0.29) is 6.10 Å². The van der Waals surface area contributed by atoms with Crippen LogP contribution in [-0.4, -0.2) is 11.2 Å². The molecule has 1 aromatic carbocycles. The van der Waals surface area contributed by atoms with Crippen molar-refractivity contribution >= 4 is 0 Å². The molecule has 2 nitrogen and oxygen atoms in total. The molecule has 140 valence electrons. The third-order valence-corrected chi connectivity index (χ3v) is 5.10. The van der Waals surface area contributed by atoms with E-state index in [1.54, 1.807) is 0 Å². The predicted octanol–water partition coefficient (Wildman–Crippen LogP) is 6.91. The van der Waals surface area contributed by atoms with Crippen LogP contribution in [0.1, 0.15) is 96.1 Å². The summed E-state index contributed by atoms with van der Waals surface area (Å²) in [5.41, 5.74) is 3.65. The Morgan fingerprint density at radius 2 is 1.92 bits per heavy atom. The van der Waals surface area contributed by atoms with E-state index >= 15 is 0 Å². The number of unbranched alkanes of at least 4 members (excludes halogenated alkanes) is 4. The third-order valence-electron chi connectivity index (χ3n) is 5.10.